The van der Waals surface area contributed by atoms with Crippen molar-refractivity contribution in [2.45, 2.75) is 32.7 Å². The van der Waals surface area contributed by atoms with Gasteiger partial charge in [0.05, 0.1) is 7.11 Å². The quantitative estimate of drug-likeness (QED) is 0.744. The molecule has 1 atom stereocenters. The lowest BCUT2D eigenvalue weighted by molar-refractivity contribution is 0.0928. The molecule has 0 saturated carbocycles. The summed E-state index contributed by atoms with van der Waals surface area (Å²) in [6, 6.07) is 9.77. The summed E-state index contributed by atoms with van der Waals surface area (Å²) in [7, 11) is 1.65. The second-order valence-electron chi connectivity index (χ2n) is 5.99. The predicted molar refractivity (Wildman–Crippen MR) is 93.8 cm³/mol. The van der Waals surface area contributed by atoms with Crippen molar-refractivity contribution in [2.75, 3.05) is 7.11 Å². The number of ether oxygens (including phenoxy) is 1. The summed E-state index contributed by atoms with van der Waals surface area (Å²) in [6.45, 7) is 3.86. The first-order valence-electron chi connectivity index (χ1n) is 8.19. The summed E-state index contributed by atoms with van der Waals surface area (Å²) in [6.07, 6.45) is 3.34. The van der Waals surface area contributed by atoms with E-state index in [1.54, 1.807) is 17.8 Å². The van der Waals surface area contributed by atoms with Gasteiger partial charge < -0.3 is 10.1 Å². The fraction of sp³-hybridized carbons (Fsp3) is 0.333. The first-order valence-corrected chi connectivity index (χ1v) is 8.19. The van der Waals surface area contributed by atoms with Crippen molar-refractivity contribution in [3.63, 3.8) is 0 Å². The highest BCUT2D eigenvalue weighted by atomic mass is 16.5. The molecule has 1 N–H and O–H groups in total. The van der Waals surface area contributed by atoms with Crippen LogP contribution in [0.3, 0.4) is 0 Å². The summed E-state index contributed by atoms with van der Waals surface area (Å²) < 4.78 is 6.72. The number of hydrogen-bond acceptors (Lipinski definition) is 5. The predicted octanol–water partition coefficient (Wildman–Crippen LogP) is 2.19. The first-order chi connectivity index (χ1) is 12.1. The molecule has 0 aliphatic heterocycles. The maximum absolute atomic E-state index is 12.3. The van der Waals surface area contributed by atoms with Gasteiger partial charge >= 0.3 is 0 Å². The molecule has 1 aromatic carbocycles. The van der Waals surface area contributed by atoms with Crippen molar-refractivity contribution in [3.05, 3.63) is 53.6 Å². The van der Waals surface area contributed by atoms with Crippen molar-refractivity contribution in [3.8, 4) is 5.75 Å². The standard InChI is InChI=1S/C18H21N5O2/c1-12(4-5-14-6-8-15(25-3)9-7-14)20-17(24)16-21-18-19-11-10-13(2)23(18)22-16/h6-12H,4-5H2,1-3H3,(H,20,24). The number of amides is 1. The van der Waals surface area contributed by atoms with Crippen molar-refractivity contribution >= 4 is 11.7 Å². The van der Waals surface area contributed by atoms with Crippen LogP contribution in [-0.2, 0) is 6.42 Å². The number of benzene rings is 1. The summed E-state index contributed by atoms with van der Waals surface area (Å²) in [5, 5.41) is 7.16. The number of nitrogens with zero attached hydrogens (tertiary/aromatic N) is 4. The minimum atomic E-state index is -0.285. The third-order valence-corrected chi connectivity index (χ3v) is 4.04. The number of carbonyl (C=O) groups is 1. The third kappa shape index (κ3) is 3.93. The number of nitrogens with one attached hydrogen (secondary N) is 1. The van der Waals surface area contributed by atoms with Crippen LogP contribution in [0, 0.1) is 6.92 Å². The zero-order chi connectivity index (χ0) is 17.8. The third-order valence-electron chi connectivity index (χ3n) is 4.04. The molecule has 3 aromatic rings. The summed E-state index contributed by atoms with van der Waals surface area (Å²) in [4.78, 5) is 20.6. The van der Waals surface area contributed by atoms with Gasteiger partial charge in [0, 0.05) is 17.9 Å². The molecule has 0 aliphatic carbocycles. The average molecular weight is 339 g/mol. The van der Waals surface area contributed by atoms with Crippen LogP contribution in [0.5, 0.6) is 5.75 Å². The molecule has 25 heavy (non-hydrogen) atoms. The highest BCUT2D eigenvalue weighted by Crippen LogP contribution is 2.13. The second kappa shape index (κ2) is 7.29. The van der Waals surface area contributed by atoms with Crippen LogP contribution >= 0.6 is 0 Å². The Kier molecular flexibility index (Phi) is 4.92. The first kappa shape index (κ1) is 16.9. The lowest BCUT2D eigenvalue weighted by Crippen LogP contribution is -2.33. The maximum Gasteiger partial charge on any atom is 0.291 e. The Bertz CT molecular complexity index is 873. The number of fused-ring (bicyclic) bond motifs is 1. The molecule has 7 nitrogen and oxygen atoms in total. The Balaban J connectivity index is 1.58. The Labute approximate surface area is 146 Å². The van der Waals surface area contributed by atoms with E-state index in [1.165, 1.54) is 5.56 Å². The van der Waals surface area contributed by atoms with E-state index in [-0.39, 0.29) is 17.8 Å². The fourth-order valence-electron chi connectivity index (χ4n) is 2.54. The summed E-state index contributed by atoms with van der Waals surface area (Å²) in [5.74, 6) is 1.12. The molecular weight excluding hydrogens is 318 g/mol. The van der Waals surface area contributed by atoms with Crippen LogP contribution in [0.15, 0.2) is 36.5 Å². The summed E-state index contributed by atoms with van der Waals surface area (Å²) in [5.41, 5.74) is 2.08. The molecule has 2 aromatic heterocycles. The molecule has 0 aliphatic rings. The molecule has 3 rings (SSSR count). The molecular formula is C18H21N5O2. The Hall–Kier alpha value is -2.96. The van der Waals surface area contributed by atoms with Gasteiger partial charge in [-0.15, -0.1) is 5.10 Å². The van der Waals surface area contributed by atoms with E-state index in [2.05, 4.69) is 20.4 Å². The van der Waals surface area contributed by atoms with Crippen molar-refractivity contribution < 1.29 is 9.53 Å². The van der Waals surface area contributed by atoms with Gasteiger partial charge in [-0.3, -0.25) is 4.79 Å². The highest BCUT2D eigenvalue weighted by molar-refractivity contribution is 5.91. The molecule has 0 spiro atoms. The van der Waals surface area contributed by atoms with Gasteiger partial charge in [0.15, 0.2) is 0 Å². The SMILES string of the molecule is COc1ccc(CCC(C)NC(=O)c2nc3nccc(C)n3n2)cc1. The van der Waals surface area contributed by atoms with Gasteiger partial charge in [0.2, 0.25) is 5.82 Å². The van der Waals surface area contributed by atoms with E-state index in [9.17, 15) is 4.79 Å². The van der Waals surface area contributed by atoms with Crippen molar-refractivity contribution in [1.82, 2.24) is 24.9 Å². The lowest BCUT2D eigenvalue weighted by atomic mass is 10.1. The Morgan fingerprint density at radius 2 is 2.04 bits per heavy atom. The zero-order valence-corrected chi connectivity index (χ0v) is 14.6. The van der Waals surface area contributed by atoms with Gasteiger partial charge in [0.1, 0.15) is 5.75 Å². The average Bonchev–Trinajstić information content (AvgIpc) is 3.06. The van der Waals surface area contributed by atoms with Crippen molar-refractivity contribution in [2.24, 2.45) is 0 Å². The maximum atomic E-state index is 12.3. The monoisotopic (exact) mass is 339 g/mol. The minimum Gasteiger partial charge on any atom is -0.497 e. The van der Waals surface area contributed by atoms with Crippen LogP contribution in [0.25, 0.3) is 5.78 Å². The molecule has 0 bridgehead atoms. The number of carbonyl (C=O) groups excluding carboxylic acids is 1. The highest BCUT2D eigenvalue weighted by Gasteiger charge is 2.16. The molecule has 7 heteroatoms. The molecule has 0 fully saturated rings. The van der Waals surface area contributed by atoms with E-state index in [0.717, 1.165) is 24.3 Å². The van der Waals surface area contributed by atoms with Gasteiger partial charge in [-0.1, -0.05) is 12.1 Å². The topological polar surface area (TPSA) is 81.4 Å². The zero-order valence-electron chi connectivity index (χ0n) is 14.6. The number of aryl methyl sites for hydroxylation is 2. The molecule has 2 heterocycles. The van der Waals surface area contributed by atoms with E-state index in [0.29, 0.717) is 5.78 Å². The number of rotatable bonds is 6. The van der Waals surface area contributed by atoms with Crippen LogP contribution < -0.4 is 10.1 Å². The molecule has 1 unspecified atom stereocenters. The lowest BCUT2D eigenvalue weighted by Gasteiger charge is -2.12. The fourth-order valence-corrected chi connectivity index (χ4v) is 2.54. The minimum absolute atomic E-state index is 0.00951. The number of aromatic nitrogens is 4. The number of methoxy groups -OCH3 is 1. The largest absolute Gasteiger partial charge is 0.497 e. The van der Waals surface area contributed by atoms with Crippen molar-refractivity contribution in [1.29, 1.82) is 0 Å². The van der Waals surface area contributed by atoms with Gasteiger partial charge in [0.25, 0.3) is 11.7 Å². The normalized spacial score (nSPS) is 12.1. The van der Waals surface area contributed by atoms with E-state index >= 15 is 0 Å². The molecule has 0 radical (unpaired) electrons. The molecule has 0 saturated heterocycles. The molecule has 1 amide bonds. The smallest absolute Gasteiger partial charge is 0.291 e. The Morgan fingerprint density at radius 1 is 1.28 bits per heavy atom. The van der Waals surface area contributed by atoms with Gasteiger partial charge in [-0.2, -0.15) is 4.98 Å². The second-order valence-corrected chi connectivity index (χ2v) is 5.99. The Morgan fingerprint density at radius 3 is 2.72 bits per heavy atom. The van der Waals surface area contributed by atoms with E-state index in [4.69, 9.17) is 4.74 Å². The van der Waals surface area contributed by atoms with E-state index in [1.807, 2.05) is 44.2 Å². The van der Waals surface area contributed by atoms with E-state index < -0.39 is 0 Å². The molecule has 130 valence electrons. The van der Waals surface area contributed by atoms with Crippen LogP contribution in [-0.4, -0.2) is 38.6 Å². The van der Waals surface area contributed by atoms with Gasteiger partial charge in [-0.05, 0) is 50.5 Å². The van der Waals surface area contributed by atoms with Crippen LogP contribution in [0.1, 0.15) is 35.2 Å². The van der Waals surface area contributed by atoms with Gasteiger partial charge in [-0.25, -0.2) is 9.50 Å². The van der Waals surface area contributed by atoms with Crippen LogP contribution in [0.2, 0.25) is 0 Å². The van der Waals surface area contributed by atoms with Crippen LogP contribution in [0.4, 0.5) is 0 Å². The summed E-state index contributed by atoms with van der Waals surface area (Å²) >= 11 is 0. The number of hydrogen-bond donors (Lipinski definition) is 1.